The summed E-state index contributed by atoms with van der Waals surface area (Å²) in [6, 6.07) is 3.61. The number of fused-ring (bicyclic) bond motifs is 1. The number of halogens is 3. The van der Waals surface area contributed by atoms with Gasteiger partial charge in [0, 0.05) is 6.20 Å². The molecule has 2 aromatic heterocycles. The van der Waals surface area contributed by atoms with Crippen LogP contribution in [0.15, 0.2) is 23.1 Å². The van der Waals surface area contributed by atoms with Crippen molar-refractivity contribution in [1.29, 1.82) is 0 Å². The van der Waals surface area contributed by atoms with E-state index < -0.39 is 0 Å². The van der Waals surface area contributed by atoms with Gasteiger partial charge in [0.25, 0.3) is 0 Å². The number of imidazole rings is 1. The number of nitrogens with zero attached hydrogens (tertiary/aromatic N) is 2. The molecule has 0 N–H and O–H groups in total. The van der Waals surface area contributed by atoms with Crippen LogP contribution in [0, 0.1) is 0 Å². The van der Waals surface area contributed by atoms with Crippen LogP contribution in [-0.4, -0.2) is 9.38 Å². The third-order valence-corrected chi connectivity index (χ3v) is 2.66. The second kappa shape index (κ2) is 2.91. The Hall–Kier alpha value is -0.250. The molecule has 0 aromatic carbocycles. The summed E-state index contributed by atoms with van der Waals surface area (Å²) in [5, 5.41) is 1.01. The molecule has 5 heteroatoms. The molecule has 12 heavy (non-hydrogen) atoms. The number of hydrogen-bond acceptors (Lipinski definition) is 1. The van der Waals surface area contributed by atoms with Gasteiger partial charge >= 0.3 is 0 Å². The molecule has 2 aromatic rings. The first kappa shape index (κ1) is 8.35. The SMILES string of the molecule is Clc1cccn2c(Br)nc(Cl)c12. The van der Waals surface area contributed by atoms with Crippen LogP contribution in [0.4, 0.5) is 0 Å². The van der Waals surface area contributed by atoms with Crippen molar-refractivity contribution in [3.05, 3.63) is 33.2 Å². The quantitative estimate of drug-likeness (QED) is 0.714. The Morgan fingerprint density at radius 3 is 2.83 bits per heavy atom. The molecule has 2 nitrogen and oxygen atoms in total. The van der Waals surface area contributed by atoms with Crippen molar-refractivity contribution in [2.45, 2.75) is 0 Å². The summed E-state index contributed by atoms with van der Waals surface area (Å²) in [6.07, 6.45) is 1.84. The molecule has 0 atom stereocenters. The van der Waals surface area contributed by atoms with E-state index in [1.807, 2.05) is 12.3 Å². The molecule has 0 radical (unpaired) electrons. The first-order valence-corrected chi connectivity index (χ1v) is 4.72. The van der Waals surface area contributed by atoms with Gasteiger partial charge in [-0.1, -0.05) is 23.2 Å². The minimum absolute atomic E-state index is 0.410. The number of rotatable bonds is 0. The molecule has 0 aliphatic rings. The highest BCUT2D eigenvalue weighted by Gasteiger charge is 2.08. The summed E-state index contributed by atoms with van der Waals surface area (Å²) in [7, 11) is 0. The summed E-state index contributed by atoms with van der Waals surface area (Å²) >= 11 is 15.0. The second-order valence-electron chi connectivity index (χ2n) is 2.25. The predicted molar refractivity (Wildman–Crippen MR) is 52.9 cm³/mol. The van der Waals surface area contributed by atoms with Gasteiger partial charge in [0.1, 0.15) is 5.52 Å². The summed E-state index contributed by atoms with van der Waals surface area (Å²) in [5.74, 6) is 0. The van der Waals surface area contributed by atoms with E-state index in [0.29, 0.717) is 14.9 Å². The molecule has 0 fully saturated rings. The topological polar surface area (TPSA) is 17.3 Å². The largest absolute Gasteiger partial charge is 0.291 e. The molecular weight excluding hydrogens is 263 g/mol. The van der Waals surface area contributed by atoms with Gasteiger partial charge in [-0.3, -0.25) is 4.40 Å². The average molecular weight is 266 g/mol. The van der Waals surface area contributed by atoms with Crippen LogP contribution in [0.2, 0.25) is 10.2 Å². The minimum Gasteiger partial charge on any atom is -0.291 e. The lowest BCUT2D eigenvalue weighted by Gasteiger charge is -1.95. The summed E-state index contributed by atoms with van der Waals surface area (Å²) < 4.78 is 2.44. The fourth-order valence-electron chi connectivity index (χ4n) is 1.02. The number of pyridine rings is 1. The average Bonchev–Trinajstić information content (AvgIpc) is 2.29. The monoisotopic (exact) mass is 264 g/mol. The molecule has 62 valence electrons. The van der Waals surface area contributed by atoms with Crippen LogP contribution < -0.4 is 0 Å². The van der Waals surface area contributed by atoms with Crippen molar-refractivity contribution in [3.8, 4) is 0 Å². The Balaban J connectivity index is 2.99. The van der Waals surface area contributed by atoms with Crippen molar-refractivity contribution in [3.63, 3.8) is 0 Å². The highest BCUT2D eigenvalue weighted by Crippen LogP contribution is 2.27. The van der Waals surface area contributed by atoms with Crippen LogP contribution in [0.3, 0.4) is 0 Å². The van der Waals surface area contributed by atoms with Crippen LogP contribution in [0.25, 0.3) is 5.52 Å². The van der Waals surface area contributed by atoms with Crippen molar-refractivity contribution in [2.75, 3.05) is 0 Å². The summed E-state index contributed by atoms with van der Waals surface area (Å²) in [6.45, 7) is 0. The lowest BCUT2D eigenvalue weighted by atomic mass is 10.4. The number of hydrogen-bond donors (Lipinski definition) is 0. The van der Waals surface area contributed by atoms with Gasteiger partial charge in [-0.2, -0.15) is 0 Å². The van der Waals surface area contributed by atoms with Gasteiger partial charge < -0.3 is 0 Å². The zero-order valence-electron chi connectivity index (χ0n) is 5.76. The lowest BCUT2D eigenvalue weighted by molar-refractivity contribution is 1.10. The maximum atomic E-state index is 5.91. The van der Waals surface area contributed by atoms with E-state index >= 15 is 0 Å². The van der Waals surface area contributed by atoms with Gasteiger partial charge in [0.15, 0.2) is 9.89 Å². The molecule has 0 saturated heterocycles. The molecular formula is C7H3BrCl2N2. The van der Waals surface area contributed by atoms with Crippen LogP contribution in [-0.2, 0) is 0 Å². The maximum absolute atomic E-state index is 5.91. The van der Waals surface area contributed by atoms with Crippen molar-refractivity contribution in [2.24, 2.45) is 0 Å². The molecule has 0 aliphatic heterocycles. The highest BCUT2D eigenvalue weighted by atomic mass is 79.9. The second-order valence-corrected chi connectivity index (χ2v) is 3.72. The maximum Gasteiger partial charge on any atom is 0.183 e. The van der Waals surface area contributed by atoms with Gasteiger partial charge in [0.2, 0.25) is 0 Å². The molecule has 2 heterocycles. The van der Waals surface area contributed by atoms with E-state index in [1.54, 1.807) is 10.5 Å². The van der Waals surface area contributed by atoms with Crippen molar-refractivity contribution in [1.82, 2.24) is 9.38 Å². The third kappa shape index (κ3) is 1.13. The minimum atomic E-state index is 0.410. The Bertz CT molecular complexity index is 438. The van der Waals surface area contributed by atoms with E-state index in [1.165, 1.54) is 0 Å². The Morgan fingerprint density at radius 2 is 2.17 bits per heavy atom. The van der Waals surface area contributed by atoms with Gasteiger partial charge in [-0.05, 0) is 28.1 Å². The molecule has 2 rings (SSSR count). The Labute approximate surface area is 87.2 Å². The standard InChI is InChI=1S/C7H3BrCl2N2/c8-7-11-6(10)5-4(9)2-1-3-12(5)7/h1-3H. The molecule has 0 spiro atoms. The van der Waals surface area contributed by atoms with Gasteiger partial charge in [-0.25, -0.2) is 4.98 Å². The molecule has 0 saturated carbocycles. The van der Waals surface area contributed by atoms with E-state index in [9.17, 15) is 0 Å². The van der Waals surface area contributed by atoms with E-state index in [0.717, 1.165) is 5.52 Å². The van der Waals surface area contributed by atoms with Gasteiger partial charge in [0.05, 0.1) is 5.02 Å². The molecule has 0 bridgehead atoms. The van der Waals surface area contributed by atoms with Gasteiger partial charge in [-0.15, -0.1) is 0 Å². The van der Waals surface area contributed by atoms with E-state index in [-0.39, 0.29) is 0 Å². The van der Waals surface area contributed by atoms with Crippen molar-refractivity contribution >= 4 is 44.6 Å². The summed E-state index contributed by atoms with van der Waals surface area (Å²) in [5.41, 5.74) is 0.729. The summed E-state index contributed by atoms with van der Waals surface area (Å²) in [4.78, 5) is 4.01. The first-order chi connectivity index (χ1) is 5.70. The van der Waals surface area contributed by atoms with E-state index in [4.69, 9.17) is 23.2 Å². The normalized spacial score (nSPS) is 10.9. The zero-order chi connectivity index (χ0) is 8.72. The van der Waals surface area contributed by atoms with Crippen molar-refractivity contribution < 1.29 is 0 Å². The zero-order valence-corrected chi connectivity index (χ0v) is 8.86. The number of aromatic nitrogens is 2. The van der Waals surface area contributed by atoms with Crippen LogP contribution in [0.5, 0.6) is 0 Å². The Morgan fingerprint density at radius 1 is 1.42 bits per heavy atom. The van der Waals surface area contributed by atoms with E-state index in [2.05, 4.69) is 20.9 Å². The fraction of sp³-hybridized carbons (Fsp3) is 0. The molecule has 0 unspecified atom stereocenters. The molecule has 0 amide bonds. The smallest absolute Gasteiger partial charge is 0.183 e. The fourth-order valence-corrected chi connectivity index (χ4v) is 2.17. The first-order valence-electron chi connectivity index (χ1n) is 3.17. The van der Waals surface area contributed by atoms with Crippen LogP contribution in [0.1, 0.15) is 0 Å². The lowest BCUT2D eigenvalue weighted by Crippen LogP contribution is -1.82. The molecule has 0 aliphatic carbocycles. The predicted octanol–water partition coefficient (Wildman–Crippen LogP) is 3.40. The highest BCUT2D eigenvalue weighted by molar-refractivity contribution is 9.10. The van der Waals surface area contributed by atoms with Crippen LogP contribution >= 0.6 is 39.1 Å². The third-order valence-electron chi connectivity index (χ3n) is 1.53. The Kier molecular flexibility index (Phi) is 2.02.